The van der Waals surface area contributed by atoms with Crippen LogP contribution in [0.5, 0.6) is 11.5 Å². The summed E-state index contributed by atoms with van der Waals surface area (Å²) >= 11 is 0. The number of carbonyl (C=O) groups is 1. The van der Waals surface area contributed by atoms with Crippen LogP contribution in [0.2, 0.25) is 0 Å². The van der Waals surface area contributed by atoms with Crippen LogP contribution >= 0.6 is 0 Å². The number of carbonyl (C=O) groups excluding carboxylic acids is 1. The van der Waals surface area contributed by atoms with Crippen LogP contribution in [0, 0.1) is 0 Å². The van der Waals surface area contributed by atoms with E-state index in [1.54, 1.807) is 36.2 Å². The maximum atomic E-state index is 12.5. The summed E-state index contributed by atoms with van der Waals surface area (Å²) in [5, 5.41) is 0. The Balaban J connectivity index is 1.60. The van der Waals surface area contributed by atoms with Gasteiger partial charge in [0.2, 0.25) is 5.91 Å². The molecule has 0 radical (unpaired) electrons. The predicted octanol–water partition coefficient (Wildman–Crippen LogP) is 3.44. The molecule has 1 aliphatic rings. The monoisotopic (exact) mass is 403 g/mol. The first kappa shape index (κ1) is 20.6. The van der Waals surface area contributed by atoms with E-state index in [1.807, 2.05) is 18.2 Å². The van der Waals surface area contributed by atoms with E-state index < -0.39 is 6.61 Å². The number of aromatic nitrogens is 1. The summed E-state index contributed by atoms with van der Waals surface area (Å²) in [6.45, 7) is 1.77. The molecule has 1 aliphatic heterocycles. The molecule has 0 atom stereocenters. The van der Waals surface area contributed by atoms with E-state index >= 15 is 0 Å². The van der Waals surface area contributed by atoms with Crippen molar-refractivity contribution in [2.45, 2.75) is 13.5 Å². The molecule has 2 aromatic rings. The first-order valence-electron chi connectivity index (χ1n) is 9.41. The lowest BCUT2D eigenvalue weighted by atomic mass is 10.2. The summed E-state index contributed by atoms with van der Waals surface area (Å²) in [6, 6.07) is 10.3. The first-order valence-corrected chi connectivity index (χ1v) is 9.41. The minimum atomic E-state index is -2.93. The number of amides is 1. The third kappa shape index (κ3) is 5.66. The molecule has 1 aromatic carbocycles. The van der Waals surface area contributed by atoms with E-state index in [0.717, 1.165) is 5.82 Å². The van der Waals surface area contributed by atoms with Crippen LogP contribution in [-0.2, 0) is 4.79 Å². The van der Waals surface area contributed by atoms with Crippen LogP contribution in [0.1, 0.15) is 12.5 Å². The molecule has 1 fully saturated rings. The molecule has 0 bridgehead atoms. The van der Waals surface area contributed by atoms with Crippen molar-refractivity contribution in [3.8, 4) is 11.5 Å². The SMILES string of the molecule is CCOc1cc(/C=C/C(=O)N2CCN(c3ccccn3)CC2)ccc1OC(F)F. The van der Waals surface area contributed by atoms with Gasteiger partial charge < -0.3 is 19.3 Å². The van der Waals surface area contributed by atoms with Crippen molar-refractivity contribution >= 4 is 17.8 Å². The summed E-state index contributed by atoms with van der Waals surface area (Å²) in [5.41, 5.74) is 0.663. The van der Waals surface area contributed by atoms with Crippen LogP contribution in [0.3, 0.4) is 0 Å². The second-order valence-corrected chi connectivity index (χ2v) is 6.35. The second kappa shape index (κ2) is 9.86. The van der Waals surface area contributed by atoms with Gasteiger partial charge in [0.25, 0.3) is 0 Å². The third-order valence-electron chi connectivity index (χ3n) is 4.47. The second-order valence-electron chi connectivity index (χ2n) is 6.35. The highest BCUT2D eigenvalue weighted by molar-refractivity contribution is 5.92. The van der Waals surface area contributed by atoms with Crippen molar-refractivity contribution in [1.82, 2.24) is 9.88 Å². The summed E-state index contributed by atoms with van der Waals surface area (Å²) in [7, 11) is 0. The highest BCUT2D eigenvalue weighted by Crippen LogP contribution is 2.30. The van der Waals surface area contributed by atoms with Gasteiger partial charge in [0.15, 0.2) is 11.5 Å². The van der Waals surface area contributed by atoms with Gasteiger partial charge in [0, 0.05) is 38.5 Å². The Kier molecular flexibility index (Phi) is 6.99. The van der Waals surface area contributed by atoms with Crippen LogP contribution in [0.15, 0.2) is 48.7 Å². The summed E-state index contributed by atoms with van der Waals surface area (Å²) in [6.07, 6.45) is 4.88. The summed E-state index contributed by atoms with van der Waals surface area (Å²) in [4.78, 5) is 20.7. The summed E-state index contributed by atoms with van der Waals surface area (Å²) in [5.74, 6) is 0.989. The average molecular weight is 403 g/mol. The highest BCUT2D eigenvalue weighted by Gasteiger charge is 2.20. The fourth-order valence-corrected chi connectivity index (χ4v) is 3.06. The number of ether oxygens (including phenoxy) is 2. The Bertz CT molecular complexity index is 838. The third-order valence-corrected chi connectivity index (χ3v) is 4.47. The molecule has 2 heterocycles. The van der Waals surface area contributed by atoms with Crippen molar-refractivity contribution in [1.29, 1.82) is 0 Å². The number of benzene rings is 1. The number of alkyl halides is 2. The van der Waals surface area contributed by atoms with Gasteiger partial charge in [0.05, 0.1) is 6.61 Å². The molecule has 1 amide bonds. The zero-order valence-electron chi connectivity index (χ0n) is 16.1. The molecular formula is C21H23F2N3O3. The van der Waals surface area contributed by atoms with Crippen molar-refractivity contribution in [3.63, 3.8) is 0 Å². The molecule has 3 rings (SSSR count). The van der Waals surface area contributed by atoms with E-state index in [4.69, 9.17) is 4.74 Å². The van der Waals surface area contributed by atoms with Gasteiger partial charge in [-0.05, 0) is 42.8 Å². The lowest BCUT2D eigenvalue weighted by molar-refractivity contribution is -0.126. The lowest BCUT2D eigenvalue weighted by Crippen LogP contribution is -2.48. The van der Waals surface area contributed by atoms with Crippen molar-refractivity contribution in [3.05, 3.63) is 54.2 Å². The van der Waals surface area contributed by atoms with E-state index in [9.17, 15) is 13.6 Å². The number of piperazine rings is 1. The zero-order chi connectivity index (χ0) is 20.6. The normalized spacial score (nSPS) is 14.5. The van der Waals surface area contributed by atoms with Crippen LogP contribution in [0.4, 0.5) is 14.6 Å². The fraction of sp³-hybridized carbons (Fsp3) is 0.333. The minimum absolute atomic E-state index is 0.0315. The number of anilines is 1. The maximum Gasteiger partial charge on any atom is 0.387 e. The molecule has 154 valence electrons. The molecule has 8 heteroatoms. The topological polar surface area (TPSA) is 54.9 Å². The molecule has 0 aliphatic carbocycles. The van der Waals surface area contributed by atoms with Crippen LogP contribution in [-0.4, -0.2) is 55.2 Å². The molecule has 0 N–H and O–H groups in total. The Hall–Kier alpha value is -3.16. The number of hydrogen-bond donors (Lipinski definition) is 0. The van der Waals surface area contributed by atoms with Gasteiger partial charge in [-0.1, -0.05) is 12.1 Å². The number of nitrogens with zero attached hydrogens (tertiary/aromatic N) is 3. The fourth-order valence-electron chi connectivity index (χ4n) is 3.06. The van der Waals surface area contributed by atoms with E-state index in [1.165, 1.54) is 12.1 Å². The van der Waals surface area contributed by atoms with Gasteiger partial charge in [-0.3, -0.25) is 4.79 Å². The van der Waals surface area contributed by atoms with E-state index in [-0.39, 0.29) is 17.4 Å². The van der Waals surface area contributed by atoms with Gasteiger partial charge in [0.1, 0.15) is 5.82 Å². The molecule has 1 aromatic heterocycles. The van der Waals surface area contributed by atoms with Gasteiger partial charge in [-0.25, -0.2) is 4.98 Å². The first-order chi connectivity index (χ1) is 14.1. The largest absolute Gasteiger partial charge is 0.490 e. The molecule has 0 saturated carbocycles. The molecule has 29 heavy (non-hydrogen) atoms. The van der Waals surface area contributed by atoms with Gasteiger partial charge in [-0.15, -0.1) is 0 Å². The van der Waals surface area contributed by atoms with Crippen molar-refractivity contribution in [2.75, 3.05) is 37.7 Å². The van der Waals surface area contributed by atoms with Crippen molar-refractivity contribution in [2.24, 2.45) is 0 Å². The predicted molar refractivity (Wildman–Crippen MR) is 106 cm³/mol. The van der Waals surface area contributed by atoms with Crippen LogP contribution in [0.25, 0.3) is 6.08 Å². The molecule has 0 unspecified atom stereocenters. The number of pyridine rings is 1. The smallest absolute Gasteiger partial charge is 0.387 e. The number of hydrogen-bond acceptors (Lipinski definition) is 5. The van der Waals surface area contributed by atoms with E-state index in [0.29, 0.717) is 38.3 Å². The maximum absolute atomic E-state index is 12.5. The van der Waals surface area contributed by atoms with Crippen molar-refractivity contribution < 1.29 is 23.0 Å². The molecule has 1 saturated heterocycles. The molecule has 0 spiro atoms. The quantitative estimate of drug-likeness (QED) is 0.663. The Labute approximate surface area is 168 Å². The Morgan fingerprint density at radius 2 is 1.97 bits per heavy atom. The Morgan fingerprint density at radius 3 is 2.62 bits per heavy atom. The highest BCUT2D eigenvalue weighted by atomic mass is 19.3. The average Bonchev–Trinajstić information content (AvgIpc) is 2.74. The van der Waals surface area contributed by atoms with Gasteiger partial charge in [-0.2, -0.15) is 8.78 Å². The lowest BCUT2D eigenvalue weighted by Gasteiger charge is -2.34. The zero-order valence-corrected chi connectivity index (χ0v) is 16.1. The molecular weight excluding hydrogens is 380 g/mol. The van der Waals surface area contributed by atoms with Crippen LogP contribution < -0.4 is 14.4 Å². The number of rotatable bonds is 7. The Morgan fingerprint density at radius 1 is 1.17 bits per heavy atom. The van der Waals surface area contributed by atoms with E-state index in [2.05, 4.69) is 14.6 Å². The number of halogens is 2. The minimum Gasteiger partial charge on any atom is -0.490 e. The van der Waals surface area contributed by atoms with Gasteiger partial charge >= 0.3 is 6.61 Å². The molecule has 6 nitrogen and oxygen atoms in total. The standard InChI is InChI=1S/C21H23F2N3O3/c1-2-28-18-15-16(6-8-17(18)29-21(22)23)7-9-20(27)26-13-11-25(12-14-26)19-5-3-4-10-24-19/h3-10,15,21H,2,11-14H2,1H3/b9-7+. The summed E-state index contributed by atoms with van der Waals surface area (Å²) < 4.78 is 34.8.